The van der Waals surface area contributed by atoms with Gasteiger partial charge in [-0.3, -0.25) is 4.68 Å². The Labute approximate surface area is 118 Å². The molecule has 0 saturated carbocycles. The number of aryl methyl sites for hydroxylation is 1. The van der Waals surface area contributed by atoms with Crippen LogP contribution in [0.4, 0.5) is 0 Å². The summed E-state index contributed by atoms with van der Waals surface area (Å²) in [6.07, 6.45) is 3.13. The first-order valence-corrected chi connectivity index (χ1v) is 6.49. The van der Waals surface area contributed by atoms with E-state index in [-0.39, 0.29) is 11.9 Å². The van der Waals surface area contributed by atoms with Crippen LogP contribution < -0.4 is 4.74 Å². The van der Waals surface area contributed by atoms with Gasteiger partial charge in [-0.2, -0.15) is 5.10 Å². The van der Waals surface area contributed by atoms with Crippen molar-refractivity contribution < 1.29 is 14.3 Å². The minimum Gasteiger partial charge on any atom is -0.493 e. The molecule has 0 saturated heterocycles. The zero-order chi connectivity index (χ0) is 14.4. The van der Waals surface area contributed by atoms with E-state index in [0.717, 1.165) is 5.75 Å². The average Bonchev–Trinajstić information content (AvgIpc) is 2.90. The van der Waals surface area contributed by atoms with Crippen molar-refractivity contribution in [3.63, 3.8) is 0 Å². The maximum atomic E-state index is 11.7. The van der Waals surface area contributed by atoms with E-state index in [0.29, 0.717) is 18.8 Å². The fraction of sp³-hybridized carbons (Fsp3) is 0.333. The third-order valence-electron chi connectivity index (χ3n) is 2.72. The quantitative estimate of drug-likeness (QED) is 0.758. The third kappa shape index (κ3) is 4.12. The summed E-state index contributed by atoms with van der Waals surface area (Å²) in [5.41, 5.74) is 0.462. The first kappa shape index (κ1) is 14.1. The van der Waals surface area contributed by atoms with E-state index >= 15 is 0 Å². The smallest absolute Gasteiger partial charge is 0.341 e. The minimum absolute atomic E-state index is 0.121. The first-order chi connectivity index (χ1) is 9.65. The summed E-state index contributed by atoms with van der Waals surface area (Å²) in [4.78, 5) is 11.7. The highest BCUT2D eigenvalue weighted by molar-refractivity contribution is 5.88. The van der Waals surface area contributed by atoms with E-state index in [4.69, 9.17) is 9.47 Å². The summed E-state index contributed by atoms with van der Waals surface area (Å²) in [6.45, 7) is 2.80. The number of carbonyl (C=O) groups is 1. The Hall–Kier alpha value is -2.30. The summed E-state index contributed by atoms with van der Waals surface area (Å²) in [7, 11) is 1.76. The van der Waals surface area contributed by atoms with Crippen LogP contribution in [0.15, 0.2) is 42.7 Å². The molecule has 0 unspecified atom stereocenters. The van der Waals surface area contributed by atoms with Crippen molar-refractivity contribution in [1.82, 2.24) is 9.78 Å². The average molecular weight is 274 g/mol. The van der Waals surface area contributed by atoms with Gasteiger partial charge < -0.3 is 9.47 Å². The van der Waals surface area contributed by atoms with Crippen LogP contribution in [0.1, 0.15) is 17.3 Å². The van der Waals surface area contributed by atoms with Gasteiger partial charge in [0.05, 0.1) is 25.0 Å². The Morgan fingerprint density at radius 2 is 2.05 bits per heavy atom. The van der Waals surface area contributed by atoms with Gasteiger partial charge in [-0.1, -0.05) is 25.1 Å². The predicted octanol–water partition coefficient (Wildman–Crippen LogP) is 2.29. The zero-order valence-electron chi connectivity index (χ0n) is 11.7. The third-order valence-corrected chi connectivity index (χ3v) is 2.72. The van der Waals surface area contributed by atoms with Gasteiger partial charge in [0.2, 0.25) is 0 Å². The largest absolute Gasteiger partial charge is 0.493 e. The van der Waals surface area contributed by atoms with E-state index in [1.165, 1.54) is 6.20 Å². The van der Waals surface area contributed by atoms with E-state index in [1.807, 2.05) is 37.3 Å². The molecule has 0 aliphatic heterocycles. The van der Waals surface area contributed by atoms with Crippen molar-refractivity contribution in [2.75, 3.05) is 13.2 Å². The van der Waals surface area contributed by atoms with Crippen LogP contribution in [0, 0.1) is 5.92 Å². The Morgan fingerprint density at radius 3 is 2.70 bits per heavy atom. The SMILES string of the molecule is C[C@@H](COC(=O)c1cnn(C)c1)COc1ccccc1. The molecule has 0 aliphatic rings. The van der Waals surface area contributed by atoms with Gasteiger partial charge in [0.25, 0.3) is 0 Å². The molecule has 0 amide bonds. The lowest BCUT2D eigenvalue weighted by Gasteiger charge is -2.13. The second-order valence-electron chi connectivity index (χ2n) is 4.73. The van der Waals surface area contributed by atoms with Crippen LogP contribution in [0.3, 0.4) is 0 Å². The minimum atomic E-state index is -0.357. The van der Waals surface area contributed by atoms with Gasteiger partial charge in [0.1, 0.15) is 5.75 Å². The van der Waals surface area contributed by atoms with E-state index in [1.54, 1.807) is 17.9 Å². The van der Waals surface area contributed by atoms with Gasteiger partial charge >= 0.3 is 5.97 Å². The van der Waals surface area contributed by atoms with E-state index < -0.39 is 0 Å². The molecule has 0 bridgehead atoms. The number of carbonyl (C=O) groups excluding carboxylic acids is 1. The normalized spacial score (nSPS) is 11.9. The lowest BCUT2D eigenvalue weighted by Crippen LogP contribution is -2.17. The topological polar surface area (TPSA) is 53.3 Å². The molecule has 0 spiro atoms. The molecule has 0 N–H and O–H groups in total. The van der Waals surface area contributed by atoms with Gasteiger partial charge in [-0.25, -0.2) is 4.79 Å². The number of hydrogen-bond donors (Lipinski definition) is 0. The predicted molar refractivity (Wildman–Crippen MR) is 74.6 cm³/mol. The van der Waals surface area contributed by atoms with Gasteiger partial charge in [0.15, 0.2) is 0 Å². The highest BCUT2D eigenvalue weighted by atomic mass is 16.5. The molecule has 0 fully saturated rings. The second-order valence-corrected chi connectivity index (χ2v) is 4.73. The monoisotopic (exact) mass is 274 g/mol. The summed E-state index contributed by atoms with van der Waals surface area (Å²) in [6, 6.07) is 9.57. The lowest BCUT2D eigenvalue weighted by molar-refractivity contribution is 0.0415. The highest BCUT2D eigenvalue weighted by Crippen LogP contribution is 2.10. The molecular weight excluding hydrogens is 256 g/mol. The number of ether oxygens (including phenoxy) is 2. The highest BCUT2D eigenvalue weighted by Gasteiger charge is 2.12. The van der Waals surface area contributed by atoms with Gasteiger partial charge in [-0.15, -0.1) is 0 Å². The molecule has 20 heavy (non-hydrogen) atoms. The molecule has 0 aliphatic carbocycles. The Balaban J connectivity index is 1.72. The van der Waals surface area contributed by atoms with Crippen LogP contribution in [0.2, 0.25) is 0 Å². The fourth-order valence-corrected chi connectivity index (χ4v) is 1.63. The molecule has 2 aromatic rings. The zero-order valence-corrected chi connectivity index (χ0v) is 11.7. The Bertz CT molecular complexity index is 551. The molecule has 5 nitrogen and oxygen atoms in total. The Morgan fingerprint density at radius 1 is 1.30 bits per heavy atom. The van der Waals surface area contributed by atoms with Crippen molar-refractivity contribution in [3.8, 4) is 5.75 Å². The number of para-hydroxylation sites is 1. The van der Waals surface area contributed by atoms with Crippen molar-refractivity contribution >= 4 is 5.97 Å². The van der Waals surface area contributed by atoms with Gasteiger partial charge in [-0.05, 0) is 12.1 Å². The number of rotatable bonds is 6. The molecule has 1 heterocycles. The molecule has 1 aromatic carbocycles. The van der Waals surface area contributed by atoms with Crippen molar-refractivity contribution in [1.29, 1.82) is 0 Å². The number of esters is 1. The summed E-state index contributed by atoms with van der Waals surface area (Å²) in [5, 5.41) is 3.93. The maximum absolute atomic E-state index is 11.7. The van der Waals surface area contributed by atoms with E-state index in [2.05, 4.69) is 5.10 Å². The van der Waals surface area contributed by atoms with Crippen LogP contribution in [-0.2, 0) is 11.8 Å². The van der Waals surface area contributed by atoms with Gasteiger partial charge in [0, 0.05) is 19.2 Å². The molecular formula is C15H18N2O3. The first-order valence-electron chi connectivity index (χ1n) is 6.49. The molecule has 2 rings (SSSR count). The molecule has 1 aromatic heterocycles. The standard InChI is InChI=1S/C15H18N2O3/c1-12(10-19-14-6-4-3-5-7-14)11-20-15(18)13-8-16-17(2)9-13/h3-9,12H,10-11H2,1-2H3/t12-/m1/s1. The van der Waals surface area contributed by atoms with Crippen LogP contribution in [-0.4, -0.2) is 29.0 Å². The molecule has 5 heteroatoms. The fourth-order valence-electron chi connectivity index (χ4n) is 1.63. The van der Waals surface area contributed by atoms with Crippen LogP contribution in [0.5, 0.6) is 5.75 Å². The molecule has 1 atom stereocenters. The number of aromatic nitrogens is 2. The van der Waals surface area contributed by atoms with Crippen molar-refractivity contribution in [2.24, 2.45) is 13.0 Å². The van der Waals surface area contributed by atoms with Crippen molar-refractivity contribution in [3.05, 3.63) is 48.3 Å². The summed E-state index contributed by atoms with van der Waals surface area (Å²) < 4.78 is 12.4. The van der Waals surface area contributed by atoms with Crippen molar-refractivity contribution in [2.45, 2.75) is 6.92 Å². The Kier molecular flexibility index (Phi) is 4.76. The van der Waals surface area contributed by atoms with Crippen LogP contribution >= 0.6 is 0 Å². The number of nitrogens with zero attached hydrogens (tertiary/aromatic N) is 2. The van der Waals surface area contributed by atoms with E-state index in [9.17, 15) is 4.79 Å². The second kappa shape index (κ2) is 6.75. The number of benzene rings is 1. The summed E-state index contributed by atoms with van der Waals surface area (Å²) >= 11 is 0. The maximum Gasteiger partial charge on any atom is 0.341 e. The lowest BCUT2D eigenvalue weighted by atomic mass is 10.2. The molecule has 0 radical (unpaired) electrons. The van der Waals surface area contributed by atoms with Crippen LogP contribution in [0.25, 0.3) is 0 Å². The summed E-state index contributed by atoms with van der Waals surface area (Å²) in [5.74, 6) is 0.582. The molecule has 106 valence electrons. The number of hydrogen-bond acceptors (Lipinski definition) is 4.